The van der Waals surface area contributed by atoms with Gasteiger partial charge in [-0.2, -0.15) is 0 Å². The fourth-order valence-electron chi connectivity index (χ4n) is 1.56. The second-order valence-electron chi connectivity index (χ2n) is 4.31. The lowest BCUT2D eigenvalue weighted by molar-refractivity contribution is -0.274. The summed E-state index contributed by atoms with van der Waals surface area (Å²) in [4.78, 5) is 11.7. The molecule has 3 N–H and O–H groups in total. The summed E-state index contributed by atoms with van der Waals surface area (Å²) in [6.45, 7) is 1.97. The fraction of sp³-hybridized carbons (Fsp3) is 0.462. The van der Waals surface area contributed by atoms with Crippen LogP contribution in [0.1, 0.15) is 26.2 Å². The van der Waals surface area contributed by atoms with Crippen molar-refractivity contribution in [2.45, 2.75) is 38.6 Å². The van der Waals surface area contributed by atoms with Crippen LogP contribution in [0.15, 0.2) is 24.3 Å². The lowest BCUT2D eigenvalue weighted by atomic mass is 10.1. The molecule has 0 saturated heterocycles. The van der Waals surface area contributed by atoms with E-state index in [9.17, 15) is 18.0 Å². The number of rotatable bonds is 6. The van der Waals surface area contributed by atoms with Gasteiger partial charge in [0.15, 0.2) is 0 Å². The second kappa shape index (κ2) is 7.14. The standard InChI is InChI=1S/C13H17F3N2O2/c1-2-3-7-11(17)12(19)18-9-5-4-6-10(8-9)20-13(14,15)16/h4-6,8,11H,2-3,7,17H2,1H3,(H,18,19)/t11-/m0/s1. The van der Waals surface area contributed by atoms with Crippen molar-refractivity contribution in [2.24, 2.45) is 5.73 Å². The third kappa shape index (κ3) is 5.92. The Hall–Kier alpha value is -1.76. The molecule has 0 radical (unpaired) electrons. The molecule has 0 aliphatic carbocycles. The van der Waals surface area contributed by atoms with Crippen molar-refractivity contribution < 1.29 is 22.7 Å². The van der Waals surface area contributed by atoms with E-state index in [-0.39, 0.29) is 5.69 Å². The summed E-state index contributed by atoms with van der Waals surface area (Å²) in [5, 5.41) is 2.47. The van der Waals surface area contributed by atoms with Crippen LogP contribution in [0.4, 0.5) is 18.9 Å². The molecular formula is C13H17F3N2O2. The van der Waals surface area contributed by atoms with Crippen LogP contribution in [0.25, 0.3) is 0 Å². The van der Waals surface area contributed by atoms with E-state index in [1.54, 1.807) is 0 Å². The van der Waals surface area contributed by atoms with E-state index in [2.05, 4.69) is 10.1 Å². The molecule has 0 spiro atoms. The third-order valence-corrected chi connectivity index (χ3v) is 2.54. The highest BCUT2D eigenvalue weighted by Crippen LogP contribution is 2.25. The van der Waals surface area contributed by atoms with Crippen LogP contribution < -0.4 is 15.8 Å². The topological polar surface area (TPSA) is 64.4 Å². The first-order valence-electron chi connectivity index (χ1n) is 6.24. The lowest BCUT2D eigenvalue weighted by Crippen LogP contribution is -2.35. The largest absolute Gasteiger partial charge is 0.573 e. The number of nitrogens with two attached hydrogens (primary N) is 1. The average molecular weight is 290 g/mol. The van der Waals surface area contributed by atoms with E-state index in [0.717, 1.165) is 25.0 Å². The summed E-state index contributed by atoms with van der Waals surface area (Å²) in [5.41, 5.74) is 5.88. The van der Waals surface area contributed by atoms with Crippen molar-refractivity contribution in [3.8, 4) is 5.75 Å². The monoisotopic (exact) mass is 290 g/mol. The number of unbranched alkanes of at least 4 members (excludes halogenated alkanes) is 1. The molecule has 1 amide bonds. The number of alkyl halides is 3. The molecule has 112 valence electrons. The smallest absolute Gasteiger partial charge is 0.406 e. The van der Waals surface area contributed by atoms with E-state index in [4.69, 9.17) is 5.73 Å². The number of carbonyl (C=O) groups is 1. The first kappa shape index (κ1) is 16.3. The summed E-state index contributed by atoms with van der Waals surface area (Å²) in [5.74, 6) is -0.819. The molecular weight excluding hydrogens is 273 g/mol. The minimum Gasteiger partial charge on any atom is -0.406 e. The molecule has 1 atom stereocenters. The van der Waals surface area contributed by atoms with Crippen LogP contribution in [0, 0.1) is 0 Å². The van der Waals surface area contributed by atoms with Crippen molar-refractivity contribution in [3.05, 3.63) is 24.3 Å². The van der Waals surface area contributed by atoms with E-state index in [1.807, 2.05) is 6.92 Å². The first-order chi connectivity index (χ1) is 9.31. The van der Waals surface area contributed by atoms with E-state index in [0.29, 0.717) is 6.42 Å². The Morgan fingerprint density at radius 1 is 1.45 bits per heavy atom. The molecule has 0 fully saturated rings. The van der Waals surface area contributed by atoms with Crippen molar-refractivity contribution in [3.63, 3.8) is 0 Å². The van der Waals surface area contributed by atoms with Gasteiger partial charge in [-0.25, -0.2) is 0 Å². The maximum absolute atomic E-state index is 12.1. The number of halogens is 3. The first-order valence-corrected chi connectivity index (χ1v) is 6.24. The number of anilines is 1. The number of ether oxygens (including phenoxy) is 1. The van der Waals surface area contributed by atoms with Crippen LogP contribution in [-0.4, -0.2) is 18.3 Å². The van der Waals surface area contributed by atoms with Crippen molar-refractivity contribution in [1.82, 2.24) is 0 Å². The van der Waals surface area contributed by atoms with E-state index in [1.165, 1.54) is 12.1 Å². The summed E-state index contributed by atoms with van der Waals surface area (Å²) >= 11 is 0. The molecule has 1 aromatic rings. The molecule has 1 rings (SSSR count). The molecule has 0 saturated carbocycles. The Labute approximate surface area is 115 Å². The molecule has 0 aliphatic heterocycles. The Morgan fingerprint density at radius 3 is 2.75 bits per heavy atom. The Kier molecular flexibility index (Phi) is 5.82. The highest BCUT2D eigenvalue weighted by molar-refractivity contribution is 5.94. The molecule has 0 heterocycles. The molecule has 0 bridgehead atoms. The number of carbonyl (C=O) groups excluding carboxylic acids is 1. The predicted octanol–water partition coefficient (Wildman–Crippen LogP) is 3.04. The van der Waals surface area contributed by atoms with E-state index < -0.39 is 24.1 Å². The number of hydrogen-bond acceptors (Lipinski definition) is 3. The van der Waals surface area contributed by atoms with Crippen molar-refractivity contribution >= 4 is 11.6 Å². The van der Waals surface area contributed by atoms with Gasteiger partial charge in [0.25, 0.3) is 0 Å². The van der Waals surface area contributed by atoms with Crippen LogP contribution in [0.5, 0.6) is 5.75 Å². The van der Waals surface area contributed by atoms with Gasteiger partial charge in [-0.3, -0.25) is 4.79 Å². The average Bonchev–Trinajstić information content (AvgIpc) is 2.34. The number of benzene rings is 1. The normalized spacial score (nSPS) is 12.8. The fourth-order valence-corrected chi connectivity index (χ4v) is 1.56. The minimum atomic E-state index is -4.76. The van der Waals surface area contributed by atoms with Crippen molar-refractivity contribution in [1.29, 1.82) is 0 Å². The minimum absolute atomic E-state index is 0.212. The maximum atomic E-state index is 12.1. The number of hydrogen-bond donors (Lipinski definition) is 2. The summed E-state index contributed by atoms with van der Waals surface area (Å²) < 4.78 is 40.0. The Morgan fingerprint density at radius 2 is 2.15 bits per heavy atom. The summed E-state index contributed by atoms with van der Waals surface area (Å²) in [6.07, 6.45) is -2.51. The van der Waals surface area contributed by atoms with Gasteiger partial charge >= 0.3 is 6.36 Å². The maximum Gasteiger partial charge on any atom is 0.573 e. The molecule has 0 aliphatic rings. The molecule has 0 unspecified atom stereocenters. The predicted molar refractivity (Wildman–Crippen MR) is 69.3 cm³/mol. The quantitative estimate of drug-likeness (QED) is 0.846. The SMILES string of the molecule is CCCC[C@H](N)C(=O)Nc1cccc(OC(F)(F)F)c1. The molecule has 4 nitrogen and oxygen atoms in total. The second-order valence-corrected chi connectivity index (χ2v) is 4.31. The van der Waals surface area contributed by atoms with Crippen LogP contribution in [0.2, 0.25) is 0 Å². The van der Waals surface area contributed by atoms with Gasteiger partial charge in [-0.1, -0.05) is 25.8 Å². The van der Waals surface area contributed by atoms with Gasteiger partial charge in [0, 0.05) is 11.8 Å². The van der Waals surface area contributed by atoms with Gasteiger partial charge in [-0.15, -0.1) is 13.2 Å². The third-order valence-electron chi connectivity index (χ3n) is 2.54. The Bertz CT molecular complexity index is 449. The zero-order valence-corrected chi connectivity index (χ0v) is 11.0. The van der Waals surface area contributed by atoms with Crippen molar-refractivity contribution in [2.75, 3.05) is 5.32 Å². The molecule has 0 aromatic heterocycles. The molecule has 1 aromatic carbocycles. The van der Waals surface area contributed by atoms with Gasteiger partial charge < -0.3 is 15.8 Å². The highest BCUT2D eigenvalue weighted by atomic mass is 19.4. The van der Waals surface area contributed by atoms with Gasteiger partial charge in [-0.05, 0) is 18.6 Å². The number of nitrogens with one attached hydrogen (secondary N) is 1. The van der Waals surface area contributed by atoms with Crippen LogP contribution >= 0.6 is 0 Å². The van der Waals surface area contributed by atoms with Crippen LogP contribution in [-0.2, 0) is 4.79 Å². The van der Waals surface area contributed by atoms with Gasteiger partial charge in [0.2, 0.25) is 5.91 Å². The molecule has 7 heteroatoms. The highest BCUT2D eigenvalue weighted by Gasteiger charge is 2.31. The van der Waals surface area contributed by atoms with E-state index >= 15 is 0 Å². The lowest BCUT2D eigenvalue weighted by Gasteiger charge is -2.13. The molecule has 20 heavy (non-hydrogen) atoms. The van der Waals surface area contributed by atoms with Gasteiger partial charge in [0.05, 0.1) is 6.04 Å². The number of amides is 1. The summed E-state index contributed by atoms with van der Waals surface area (Å²) in [7, 11) is 0. The zero-order chi connectivity index (χ0) is 15.2. The zero-order valence-electron chi connectivity index (χ0n) is 11.0. The van der Waals surface area contributed by atoms with Gasteiger partial charge in [0.1, 0.15) is 5.75 Å². The van der Waals surface area contributed by atoms with Crippen LogP contribution in [0.3, 0.4) is 0 Å². The summed E-state index contributed by atoms with van der Waals surface area (Å²) in [6, 6.07) is 4.39. The Balaban J connectivity index is 2.64.